The Balaban J connectivity index is 2.44. The fraction of sp³-hybridized carbons (Fsp3) is 0.455. The summed E-state index contributed by atoms with van der Waals surface area (Å²) in [5.74, 6) is 0.642. The van der Waals surface area contributed by atoms with E-state index in [1.807, 2.05) is 12.1 Å². The summed E-state index contributed by atoms with van der Waals surface area (Å²) >= 11 is 6.18. The Hall–Kier alpha value is -0.890. The molecule has 14 heavy (non-hydrogen) atoms. The molecule has 2 rings (SSSR count). The van der Waals surface area contributed by atoms with Crippen LogP contribution in [-0.2, 0) is 0 Å². The molecule has 1 unspecified atom stereocenters. The molecule has 1 N–H and O–H groups in total. The summed E-state index contributed by atoms with van der Waals surface area (Å²) in [6.07, 6.45) is 0. The van der Waals surface area contributed by atoms with Crippen molar-refractivity contribution < 1.29 is 0 Å². The molecule has 1 atom stereocenters. The molecule has 1 aliphatic rings. The Kier molecular flexibility index (Phi) is 2.55. The SMILES string of the molecule is CC1CNc2cccc(Cl)c2N(C)C1. The van der Waals surface area contributed by atoms with Gasteiger partial charge in [0.05, 0.1) is 16.4 Å². The third-order valence-corrected chi connectivity index (χ3v) is 2.90. The minimum atomic E-state index is 0.642. The molecule has 0 saturated heterocycles. The summed E-state index contributed by atoms with van der Waals surface area (Å²) < 4.78 is 0. The smallest absolute Gasteiger partial charge is 0.0788 e. The number of anilines is 2. The van der Waals surface area contributed by atoms with E-state index in [2.05, 4.69) is 30.3 Å². The molecule has 1 heterocycles. The van der Waals surface area contributed by atoms with Gasteiger partial charge in [0.15, 0.2) is 0 Å². The summed E-state index contributed by atoms with van der Waals surface area (Å²) in [5.41, 5.74) is 2.27. The van der Waals surface area contributed by atoms with E-state index in [0.717, 1.165) is 29.5 Å². The van der Waals surface area contributed by atoms with Gasteiger partial charge in [0.2, 0.25) is 0 Å². The highest BCUT2D eigenvalue weighted by atomic mass is 35.5. The molecule has 1 aliphatic heterocycles. The van der Waals surface area contributed by atoms with Crippen LogP contribution in [0, 0.1) is 5.92 Å². The number of hydrogen-bond donors (Lipinski definition) is 1. The first-order valence-electron chi connectivity index (χ1n) is 4.92. The molecule has 0 radical (unpaired) electrons. The molecular formula is C11H15ClN2. The number of fused-ring (bicyclic) bond motifs is 1. The highest BCUT2D eigenvalue weighted by Gasteiger charge is 2.17. The average molecular weight is 211 g/mol. The van der Waals surface area contributed by atoms with E-state index < -0.39 is 0 Å². The lowest BCUT2D eigenvalue weighted by molar-refractivity contribution is 0.618. The molecule has 2 nitrogen and oxygen atoms in total. The summed E-state index contributed by atoms with van der Waals surface area (Å²) in [7, 11) is 2.09. The second-order valence-corrected chi connectivity index (χ2v) is 4.41. The first kappa shape index (κ1) is 9.66. The lowest BCUT2D eigenvalue weighted by Gasteiger charge is -2.21. The molecular weight excluding hydrogens is 196 g/mol. The first-order chi connectivity index (χ1) is 6.68. The third kappa shape index (κ3) is 1.67. The maximum absolute atomic E-state index is 6.18. The van der Waals surface area contributed by atoms with Crippen LogP contribution in [0.15, 0.2) is 18.2 Å². The number of para-hydroxylation sites is 1. The highest BCUT2D eigenvalue weighted by molar-refractivity contribution is 6.34. The second kappa shape index (κ2) is 3.70. The predicted octanol–water partition coefficient (Wildman–Crippen LogP) is 2.84. The first-order valence-corrected chi connectivity index (χ1v) is 5.30. The number of halogens is 1. The Morgan fingerprint density at radius 3 is 3.07 bits per heavy atom. The van der Waals surface area contributed by atoms with Crippen molar-refractivity contribution in [1.29, 1.82) is 0 Å². The third-order valence-electron chi connectivity index (χ3n) is 2.60. The van der Waals surface area contributed by atoms with Crippen LogP contribution in [0.3, 0.4) is 0 Å². The molecule has 76 valence electrons. The van der Waals surface area contributed by atoms with E-state index in [9.17, 15) is 0 Å². The number of nitrogens with one attached hydrogen (secondary N) is 1. The lowest BCUT2D eigenvalue weighted by atomic mass is 10.2. The van der Waals surface area contributed by atoms with Gasteiger partial charge in [-0.25, -0.2) is 0 Å². The molecule has 0 amide bonds. The van der Waals surface area contributed by atoms with Crippen LogP contribution in [0.1, 0.15) is 6.92 Å². The highest BCUT2D eigenvalue weighted by Crippen LogP contribution is 2.35. The molecule has 0 spiro atoms. The van der Waals surface area contributed by atoms with Crippen LogP contribution >= 0.6 is 11.6 Å². The second-order valence-electron chi connectivity index (χ2n) is 4.00. The van der Waals surface area contributed by atoms with Gasteiger partial charge in [0, 0.05) is 20.1 Å². The van der Waals surface area contributed by atoms with Gasteiger partial charge in [-0.1, -0.05) is 24.6 Å². The van der Waals surface area contributed by atoms with Gasteiger partial charge in [0.25, 0.3) is 0 Å². The number of rotatable bonds is 0. The number of nitrogens with zero attached hydrogens (tertiary/aromatic N) is 1. The minimum absolute atomic E-state index is 0.642. The topological polar surface area (TPSA) is 15.3 Å². The van der Waals surface area contributed by atoms with Crippen LogP contribution in [0.5, 0.6) is 0 Å². The lowest BCUT2D eigenvalue weighted by Crippen LogP contribution is -2.24. The Morgan fingerprint density at radius 1 is 1.50 bits per heavy atom. The summed E-state index contributed by atoms with van der Waals surface area (Å²) in [6, 6.07) is 6.00. The van der Waals surface area contributed by atoms with Crippen LogP contribution in [0.2, 0.25) is 5.02 Å². The largest absolute Gasteiger partial charge is 0.383 e. The molecule has 3 heteroatoms. The molecule has 1 aromatic rings. The fourth-order valence-electron chi connectivity index (χ4n) is 1.95. The number of benzene rings is 1. The van der Waals surface area contributed by atoms with Crippen molar-refractivity contribution >= 4 is 23.0 Å². The van der Waals surface area contributed by atoms with Crippen LogP contribution < -0.4 is 10.2 Å². The van der Waals surface area contributed by atoms with Gasteiger partial charge in [0.1, 0.15) is 0 Å². The van der Waals surface area contributed by atoms with E-state index in [1.54, 1.807) is 0 Å². The van der Waals surface area contributed by atoms with E-state index >= 15 is 0 Å². The zero-order valence-electron chi connectivity index (χ0n) is 8.55. The van der Waals surface area contributed by atoms with Crippen molar-refractivity contribution in [2.24, 2.45) is 5.92 Å². The van der Waals surface area contributed by atoms with Crippen molar-refractivity contribution in [3.63, 3.8) is 0 Å². The maximum Gasteiger partial charge on any atom is 0.0788 e. The standard InChI is InChI=1S/C11H15ClN2/c1-8-6-13-10-5-3-4-9(12)11(10)14(2)7-8/h3-5,8,13H,6-7H2,1-2H3. The normalized spacial score (nSPS) is 21.1. The van der Waals surface area contributed by atoms with Gasteiger partial charge in [-0.15, -0.1) is 0 Å². The average Bonchev–Trinajstić information content (AvgIpc) is 2.27. The van der Waals surface area contributed by atoms with Gasteiger partial charge in [-0.2, -0.15) is 0 Å². The predicted molar refractivity (Wildman–Crippen MR) is 62.4 cm³/mol. The molecule has 0 aliphatic carbocycles. The molecule has 0 saturated carbocycles. The maximum atomic E-state index is 6.18. The van der Waals surface area contributed by atoms with Gasteiger partial charge < -0.3 is 10.2 Å². The van der Waals surface area contributed by atoms with Crippen LogP contribution in [-0.4, -0.2) is 20.1 Å². The Bertz CT molecular complexity index is 338. The fourth-order valence-corrected chi connectivity index (χ4v) is 2.27. The van der Waals surface area contributed by atoms with E-state index in [0.29, 0.717) is 5.92 Å². The number of hydrogen-bond acceptors (Lipinski definition) is 2. The van der Waals surface area contributed by atoms with Crippen LogP contribution in [0.4, 0.5) is 11.4 Å². The van der Waals surface area contributed by atoms with Gasteiger partial charge in [-0.3, -0.25) is 0 Å². The summed E-state index contributed by atoms with van der Waals surface area (Å²) in [5, 5.41) is 4.25. The van der Waals surface area contributed by atoms with E-state index in [1.165, 1.54) is 0 Å². The molecule has 0 bridgehead atoms. The summed E-state index contributed by atoms with van der Waals surface area (Å²) in [4.78, 5) is 2.22. The zero-order valence-corrected chi connectivity index (χ0v) is 9.30. The van der Waals surface area contributed by atoms with Crippen molar-refractivity contribution in [1.82, 2.24) is 0 Å². The monoisotopic (exact) mass is 210 g/mol. The van der Waals surface area contributed by atoms with Crippen LogP contribution in [0.25, 0.3) is 0 Å². The quantitative estimate of drug-likeness (QED) is 0.709. The molecule has 1 aromatic carbocycles. The van der Waals surface area contributed by atoms with E-state index in [-0.39, 0.29) is 0 Å². The van der Waals surface area contributed by atoms with Crippen molar-refractivity contribution in [3.8, 4) is 0 Å². The minimum Gasteiger partial charge on any atom is -0.383 e. The van der Waals surface area contributed by atoms with Crippen molar-refractivity contribution in [2.45, 2.75) is 6.92 Å². The summed E-state index contributed by atoms with van der Waals surface area (Å²) in [6.45, 7) is 4.30. The van der Waals surface area contributed by atoms with Gasteiger partial charge in [-0.05, 0) is 18.1 Å². The molecule has 0 fully saturated rings. The Labute approximate surface area is 89.9 Å². The molecule has 0 aromatic heterocycles. The van der Waals surface area contributed by atoms with E-state index in [4.69, 9.17) is 11.6 Å². The van der Waals surface area contributed by atoms with Gasteiger partial charge >= 0.3 is 0 Å². The zero-order chi connectivity index (χ0) is 10.1. The van der Waals surface area contributed by atoms with Crippen molar-refractivity contribution in [2.75, 3.05) is 30.4 Å². The van der Waals surface area contributed by atoms with Crippen molar-refractivity contribution in [3.05, 3.63) is 23.2 Å². The Morgan fingerprint density at radius 2 is 2.29 bits per heavy atom.